The molecular formula is C14H12ClNOS. The summed E-state index contributed by atoms with van der Waals surface area (Å²) >= 11 is 7.59. The fourth-order valence-electron chi connectivity index (χ4n) is 2.29. The molecule has 1 aromatic heterocycles. The molecule has 0 saturated carbocycles. The van der Waals surface area contributed by atoms with Crippen LogP contribution in [0.4, 0.5) is 5.69 Å². The minimum absolute atomic E-state index is 0.165. The number of benzene rings is 1. The Morgan fingerprint density at radius 2 is 2.28 bits per heavy atom. The zero-order chi connectivity index (χ0) is 12.5. The molecule has 0 fully saturated rings. The van der Waals surface area contributed by atoms with Gasteiger partial charge in [0.15, 0.2) is 0 Å². The lowest BCUT2D eigenvalue weighted by Gasteiger charge is -2.16. The summed E-state index contributed by atoms with van der Waals surface area (Å²) in [6.45, 7) is 0.764. The van der Waals surface area contributed by atoms with Gasteiger partial charge < -0.3 is 4.90 Å². The maximum absolute atomic E-state index is 12.3. The van der Waals surface area contributed by atoms with Gasteiger partial charge in [-0.05, 0) is 41.6 Å². The Bertz CT molecular complexity index is 579. The first-order chi connectivity index (χ1) is 8.74. The summed E-state index contributed by atoms with van der Waals surface area (Å²) in [7, 11) is 0. The minimum Gasteiger partial charge on any atom is -0.312 e. The molecule has 0 radical (unpaired) electrons. The first-order valence-corrected chi connectivity index (χ1v) is 7.11. The van der Waals surface area contributed by atoms with E-state index in [1.54, 1.807) is 11.3 Å². The van der Waals surface area contributed by atoms with Crippen molar-refractivity contribution >= 4 is 34.5 Å². The van der Waals surface area contributed by atoms with Gasteiger partial charge in [0.2, 0.25) is 5.91 Å². The average Bonchev–Trinajstić information content (AvgIpc) is 2.97. The van der Waals surface area contributed by atoms with Gasteiger partial charge in [0.05, 0.1) is 6.42 Å². The first-order valence-electron chi connectivity index (χ1n) is 5.85. The third-order valence-corrected chi connectivity index (χ3v) is 4.26. The van der Waals surface area contributed by atoms with Gasteiger partial charge >= 0.3 is 0 Å². The molecule has 3 rings (SSSR count). The molecule has 0 atom stereocenters. The quantitative estimate of drug-likeness (QED) is 0.822. The predicted molar refractivity (Wildman–Crippen MR) is 75.5 cm³/mol. The molecule has 1 aliphatic heterocycles. The van der Waals surface area contributed by atoms with Crippen LogP contribution >= 0.6 is 22.9 Å². The molecule has 92 valence electrons. The Morgan fingerprint density at radius 3 is 3.06 bits per heavy atom. The monoisotopic (exact) mass is 277 g/mol. The molecule has 18 heavy (non-hydrogen) atoms. The van der Waals surface area contributed by atoms with E-state index >= 15 is 0 Å². The van der Waals surface area contributed by atoms with Crippen molar-refractivity contribution < 1.29 is 4.79 Å². The number of hydrogen-bond acceptors (Lipinski definition) is 2. The van der Waals surface area contributed by atoms with Gasteiger partial charge in [0.1, 0.15) is 0 Å². The van der Waals surface area contributed by atoms with Crippen LogP contribution in [0, 0.1) is 0 Å². The Hall–Kier alpha value is -1.32. The van der Waals surface area contributed by atoms with Gasteiger partial charge in [0.25, 0.3) is 0 Å². The summed E-state index contributed by atoms with van der Waals surface area (Å²) in [5.41, 5.74) is 2.18. The van der Waals surface area contributed by atoms with E-state index in [1.807, 2.05) is 40.6 Å². The molecule has 2 nitrogen and oxygen atoms in total. The zero-order valence-electron chi connectivity index (χ0n) is 9.73. The lowest BCUT2D eigenvalue weighted by molar-refractivity contribution is -0.117. The van der Waals surface area contributed by atoms with Gasteiger partial charge in [-0.25, -0.2) is 0 Å². The van der Waals surface area contributed by atoms with Crippen molar-refractivity contribution in [3.8, 4) is 0 Å². The highest BCUT2D eigenvalue weighted by Gasteiger charge is 2.24. The molecular weight excluding hydrogens is 266 g/mol. The van der Waals surface area contributed by atoms with E-state index in [2.05, 4.69) is 0 Å². The minimum atomic E-state index is 0.165. The topological polar surface area (TPSA) is 20.3 Å². The highest BCUT2D eigenvalue weighted by molar-refractivity contribution is 7.10. The highest BCUT2D eigenvalue weighted by atomic mass is 35.5. The maximum Gasteiger partial charge on any atom is 0.232 e. The second-order valence-corrected chi connectivity index (χ2v) is 5.79. The Balaban J connectivity index is 1.81. The summed E-state index contributed by atoms with van der Waals surface area (Å²) in [6.07, 6.45) is 1.38. The van der Waals surface area contributed by atoms with Gasteiger partial charge in [0, 0.05) is 22.1 Å². The molecule has 0 N–H and O–H groups in total. The van der Waals surface area contributed by atoms with E-state index in [9.17, 15) is 4.79 Å². The lowest BCUT2D eigenvalue weighted by Crippen LogP contribution is -2.30. The van der Waals surface area contributed by atoms with Crippen LogP contribution in [0.15, 0.2) is 35.7 Å². The van der Waals surface area contributed by atoms with E-state index in [4.69, 9.17) is 11.6 Å². The third kappa shape index (κ3) is 2.16. The Labute approximate surface area is 115 Å². The van der Waals surface area contributed by atoms with Crippen LogP contribution < -0.4 is 4.90 Å². The van der Waals surface area contributed by atoms with Crippen molar-refractivity contribution in [1.82, 2.24) is 0 Å². The zero-order valence-corrected chi connectivity index (χ0v) is 11.3. The molecule has 0 spiro atoms. The Morgan fingerprint density at radius 1 is 1.39 bits per heavy atom. The number of thiophene rings is 1. The lowest BCUT2D eigenvalue weighted by atomic mass is 10.2. The van der Waals surface area contributed by atoms with E-state index in [1.165, 1.54) is 5.56 Å². The summed E-state index contributed by atoms with van der Waals surface area (Å²) in [4.78, 5) is 15.2. The maximum atomic E-state index is 12.3. The number of fused-ring (bicyclic) bond motifs is 1. The first kappa shape index (κ1) is 11.8. The largest absolute Gasteiger partial charge is 0.312 e. The van der Waals surface area contributed by atoms with E-state index in [-0.39, 0.29) is 5.91 Å². The van der Waals surface area contributed by atoms with Crippen LogP contribution in [0.25, 0.3) is 0 Å². The summed E-state index contributed by atoms with van der Waals surface area (Å²) in [5, 5.41) is 2.74. The number of halogens is 1. The van der Waals surface area contributed by atoms with Crippen LogP contribution in [0.2, 0.25) is 5.02 Å². The standard InChI is InChI=1S/C14H12ClNOS/c15-11-3-4-13-10(8-11)5-6-16(13)14(17)9-12-2-1-7-18-12/h1-4,7-8H,5-6,9H2. The van der Waals surface area contributed by atoms with Crippen LogP contribution in [0.1, 0.15) is 10.4 Å². The number of rotatable bonds is 2. The van der Waals surface area contributed by atoms with Gasteiger partial charge in [-0.15, -0.1) is 11.3 Å². The number of hydrogen-bond donors (Lipinski definition) is 0. The van der Waals surface area contributed by atoms with Crippen molar-refractivity contribution in [2.24, 2.45) is 0 Å². The molecule has 1 aliphatic rings. The molecule has 0 saturated heterocycles. The van der Waals surface area contributed by atoms with E-state index < -0.39 is 0 Å². The smallest absolute Gasteiger partial charge is 0.232 e. The molecule has 4 heteroatoms. The number of nitrogens with zero attached hydrogens (tertiary/aromatic N) is 1. The Kier molecular flexibility index (Phi) is 3.10. The molecule has 0 unspecified atom stereocenters. The molecule has 1 aromatic carbocycles. The number of carbonyl (C=O) groups is 1. The SMILES string of the molecule is O=C(Cc1cccs1)N1CCc2cc(Cl)ccc21. The number of amides is 1. The van der Waals surface area contributed by atoms with Crippen LogP contribution in [0.5, 0.6) is 0 Å². The average molecular weight is 278 g/mol. The summed E-state index contributed by atoms with van der Waals surface area (Å²) in [6, 6.07) is 9.72. The van der Waals surface area contributed by atoms with Crippen LogP contribution in [-0.4, -0.2) is 12.5 Å². The molecule has 2 aromatic rings. The van der Waals surface area contributed by atoms with Crippen molar-refractivity contribution in [2.45, 2.75) is 12.8 Å². The van der Waals surface area contributed by atoms with Crippen molar-refractivity contribution in [3.05, 3.63) is 51.2 Å². The van der Waals surface area contributed by atoms with Gasteiger partial charge in [-0.1, -0.05) is 17.7 Å². The fourth-order valence-corrected chi connectivity index (χ4v) is 3.18. The molecule has 1 amide bonds. The van der Waals surface area contributed by atoms with Gasteiger partial charge in [-0.2, -0.15) is 0 Å². The number of carbonyl (C=O) groups excluding carboxylic acids is 1. The van der Waals surface area contributed by atoms with E-state index in [0.29, 0.717) is 6.42 Å². The normalized spacial score (nSPS) is 13.7. The van der Waals surface area contributed by atoms with E-state index in [0.717, 1.165) is 28.6 Å². The molecule has 0 aliphatic carbocycles. The van der Waals surface area contributed by atoms with Gasteiger partial charge in [-0.3, -0.25) is 4.79 Å². The van der Waals surface area contributed by atoms with Crippen molar-refractivity contribution in [3.63, 3.8) is 0 Å². The predicted octanol–water partition coefficient (Wildman–Crippen LogP) is 3.53. The summed E-state index contributed by atoms with van der Waals surface area (Å²) < 4.78 is 0. The molecule has 0 bridgehead atoms. The highest BCUT2D eigenvalue weighted by Crippen LogP contribution is 2.31. The number of anilines is 1. The third-order valence-electron chi connectivity index (χ3n) is 3.14. The second kappa shape index (κ2) is 4.75. The van der Waals surface area contributed by atoms with Crippen LogP contribution in [-0.2, 0) is 17.6 Å². The van der Waals surface area contributed by atoms with Crippen molar-refractivity contribution in [2.75, 3.05) is 11.4 Å². The fraction of sp³-hybridized carbons (Fsp3) is 0.214. The van der Waals surface area contributed by atoms with Crippen LogP contribution in [0.3, 0.4) is 0 Å². The van der Waals surface area contributed by atoms with Crippen molar-refractivity contribution in [1.29, 1.82) is 0 Å². The summed E-state index contributed by atoms with van der Waals surface area (Å²) in [5.74, 6) is 0.165. The second-order valence-electron chi connectivity index (χ2n) is 4.32. The molecule has 2 heterocycles.